The summed E-state index contributed by atoms with van der Waals surface area (Å²) in [6.45, 7) is 10.5. The number of nitrogens with zero attached hydrogens (tertiary/aromatic N) is 1. The van der Waals surface area contributed by atoms with Crippen LogP contribution in [-0.4, -0.2) is 41.9 Å². The Hall–Kier alpha value is -1.90. The molecule has 2 aromatic rings. The maximum atomic E-state index is 11.1. The molecule has 2 rings (SSSR count). The molecule has 1 unspecified atom stereocenters. The molecule has 2 aromatic carbocycles. The van der Waals surface area contributed by atoms with Crippen LogP contribution in [0.1, 0.15) is 31.9 Å². The van der Waals surface area contributed by atoms with Gasteiger partial charge in [-0.15, -0.1) is 0 Å². The van der Waals surface area contributed by atoms with Crippen LogP contribution in [0.5, 0.6) is 0 Å². The van der Waals surface area contributed by atoms with Gasteiger partial charge in [-0.1, -0.05) is 60.7 Å². The van der Waals surface area contributed by atoms with Gasteiger partial charge in [-0.25, -0.2) is 0 Å². The zero-order valence-electron chi connectivity index (χ0n) is 15.2. The quantitative estimate of drug-likeness (QED) is 0.561. The lowest BCUT2D eigenvalue weighted by atomic mass is 9.96. The fourth-order valence-electron chi connectivity index (χ4n) is 3.25. The minimum Gasteiger partial charge on any atom is -0.382 e. The molecule has 24 heavy (non-hydrogen) atoms. The number of benzene rings is 2. The van der Waals surface area contributed by atoms with E-state index in [1.54, 1.807) is 0 Å². The molecule has 2 heteroatoms. The molecule has 0 amide bonds. The van der Waals surface area contributed by atoms with Gasteiger partial charge < -0.3 is 9.59 Å². The smallest absolute Gasteiger partial charge is 0.128 e. The fraction of sp³-hybridized carbons (Fsp3) is 0.364. The normalized spacial score (nSPS) is 13.8. The summed E-state index contributed by atoms with van der Waals surface area (Å²) in [4.78, 5) is 0. The summed E-state index contributed by atoms with van der Waals surface area (Å²) in [6, 6.07) is 20.5. The van der Waals surface area contributed by atoms with Crippen molar-refractivity contribution in [3.63, 3.8) is 0 Å². The Balaban J connectivity index is 2.38. The lowest BCUT2D eigenvalue weighted by Crippen LogP contribution is -2.52. The van der Waals surface area contributed by atoms with Gasteiger partial charge >= 0.3 is 0 Å². The van der Waals surface area contributed by atoms with Crippen LogP contribution in [0.15, 0.2) is 60.7 Å². The van der Waals surface area contributed by atoms with Crippen LogP contribution in [0.25, 0.3) is 11.6 Å². The molecular formula is C22H30NO+. The predicted octanol–water partition coefficient (Wildman–Crippen LogP) is 4.46. The summed E-state index contributed by atoms with van der Waals surface area (Å²) < 4.78 is 0.931. The van der Waals surface area contributed by atoms with E-state index < -0.39 is 6.10 Å². The molecule has 2 nitrogen and oxygen atoms in total. The number of rotatable bonds is 8. The highest BCUT2D eigenvalue weighted by Crippen LogP contribution is 2.24. The van der Waals surface area contributed by atoms with Crippen LogP contribution in [0, 0.1) is 0 Å². The molecule has 1 atom stereocenters. The second kappa shape index (κ2) is 8.81. The summed E-state index contributed by atoms with van der Waals surface area (Å²) in [5.74, 6) is 0. The Morgan fingerprint density at radius 1 is 0.875 bits per heavy atom. The summed E-state index contributed by atoms with van der Waals surface area (Å²) in [6.07, 6.45) is 1.64. The third kappa shape index (κ3) is 4.56. The minimum absolute atomic E-state index is 0.479. The van der Waals surface area contributed by atoms with Gasteiger partial charge in [0.15, 0.2) is 0 Å². The molecule has 0 fully saturated rings. The van der Waals surface area contributed by atoms with E-state index >= 15 is 0 Å². The fourth-order valence-corrected chi connectivity index (χ4v) is 3.25. The molecule has 1 N–H and O–H groups in total. The van der Waals surface area contributed by atoms with Crippen molar-refractivity contribution in [3.8, 4) is 0 Å². The van der Waals surface area contributed by atoms with Crippen molar-refractivity contribution >= 4 is 11.6 Å². The Kier molecular flexibility index (Phi) is 6.77. The van der Waals surface area contributed by atoms with Gasteiger partial charge in [0.2, 0.25) is 0 Å². The van der Waals surface area contributed by atoms with E-state index in [4.69, 9.17) is 0 Å². The van der Waals surface area contributed by atoms with Crippen LogP contribution in [0.3, 0.4) is 0 Å². The summed E-state index contributed by atoms with van der Waals surface area (Å²) >= 11 is 0. The van der Waals surface area contributed by atoms with Crippen molar-refractivity contribution in [1.29, 1.82) is 0 Å². The van der Waals surface area contributed by atoms with Gasteiger partial charge in [0.05, 0.1) is 19.6 Å². The number of hydrogen-bond donors (Lipinski definition) is 1. The Morgan fingerprint density at radius 3 is 1.88 bits per heavy atom. The van der Waals surface area contributed by atoms with Crippen LogP contribution in [-0.2, 0) is 0 Å². The van der Waals surface area contributed by atoms with Crippen molar-refractivity contribution in [2.75, 3.05) is 26.2 Å². The first-order valence-electron chi connectivity index (χ1n) is 8.99. The first-order valence-corrected chi connectivity index (χ1v) is 8.99. The third-order valence-electron chi connectivity index (χ3n) is 5.16. The molecule has 0 bridgehead atoms. The maximum absolute atomic E-state index is 11.1. The van der Waals surface area contributed by atoms with Crippen molar-refractivity contribution in [1.82, 2.24) is 0 Å². The topological polar surface area (TPSA) is 20.2 Å². The van der Waals surface area contributed by atoms with Gasteiger partial charge in [-0.3, -0.25) is 0 Å². The van der Waals surface area contributed by atoms with Crippen LogP contribution in [0.2, 0.25) is 0 Å². The van der Waals surface area contributed by atoms with Gasteiger partial charge in [0, 0.05) is 0 Å². The highest BCUT2D eigenvalue weighted by atomic mass is 16.3. The van der Waals surface area contributed by atoms with Crippen LogP contribution < -0.4 is 0 Å². The molecule has 128 valence electrons. The van der Waals surface area contributed by atoms with Gasteiger partial charge in [0.1, 0.15) is 12.6 Å². The Morgan fingerprint density at radius 2 is 1.38 bits per heavy atom. The summed E-state index contributed by atoms with van der Waals surface area (Å²) in [5.41, 5.74) is 3.22. The zero-order valence-corrected chi connectivity index (χ0v) is 15.2. The number of likely N-dealkylation sites (N-methyl/N-ethyl adjacent to an activating group) is 1. The average Bonchev–Trinajstić information content (AvgIpc) is 2.65. The Labute approximate surface area is 146 Å². The van der Waals surface area contributed by atoms with Gasteiger partial charge in [-0.2, -0.15) is 0 Å². The van der Waals surface area contributed by atoms with Gasteiger partial charge in [-0.05, 0) is 43.5 Å². The molecule has 0 aromatic heterocycles. The minimum atomic E-state index is -0.479. The highest BCUT2D eigenvalue weighted by Gasteiger charge is 2.27. The monoisotopic (exact) mass is 324 g/mol. The van der Waals surface area contributed by atoms with Crippen molar-refractivity contribution in [2.45, 2.75) is 26.9 Å². The van der Waals surface area contributed by atoms with E-state index in [0.717, 1.165) is 47.4 Å². The number of aliphatic hydroxyl groups excluding tert-OH is 1. The first-order chi connectivity index (χ1) is 11.6. The van der Waals surface area contributed by atoms with Crippen LogP contribution in [0.4, 0.5) is 0 Å². The van der Waals surface area contributed by atoms with E-state index in [0.29, 0.717) is 0 Å². The average molecular weight is 324 g/mol. The van der Waals surface area contributed by atoms with Crippen LogP contribution >= 0.6 is 0 Å². The summed E-state index contributed by atoms with van der Waals surface area (Å²) in [5, 5.41) is 11.1. The predicted molar refractivity (Wildman–Crippen MR) is 104 cm³/mol. The third-order valence-corrected chi connectivity index (χ3v) is 5.16. The van der Waals surface area contributed by atoms with Crippen molar-refractivity contribution in [2.24, 2.45) is 0 Å². The molecular weight excluding hydrogens is 294 g/mol. The van der Waals surface area contributed by atoms with E-state index in [-0.39, 0.29) is 0 Å². The standard InChI is InChI=1S/C22H30NO/c1-4-23(5-2,6-3)18-22(24)21(20-15-11-8-12-16-20)17-19-13-9-7-10-14-19/h7-17,22,24H,4-6,18H2,1-3H3/q+1. The number of quaternary nitrogens is 1. The zero-order chi connectivity index (χ0) is 17.4. The molecule has 0 saturated carbocycles. The van der Waals surface area contributed by atoms with E-state index in [1.165, 1.54) is 0 Å². The molecule has 0 radical (unpaired) electrons. The first kappa shape index (κ1) is 18.4. The van der Waals surface area contributed by atoms with E-state index in [1.807, 2.05) is 36.4 Å². The molecule has 0 aliphatic heterocycles. The second-order valence-corrected chi connectivity index (χ2v) is 6.37. The highest BCUT2D eigenvalue weighted by molar-refractivity contribution is 5.83. The largest absolute Gasteiger partial charge is 0.382 e. The second-order valence-electron chi connectivity index (χ2n) is 6.37. The lowest BCUT2D eigenvalue weighted by Gasteiger charge is -2.38. The van der Waals surface area contributed by atoms with E-state index in [9.17, 15) is 5.11 Å². The van der Waals surface area contributed by atoms with Crippen molar-refractivity contribution < 1.29 is 9.59 Å². The molecule has 0 aliphatic rings. The summed E-state index contributed by atoms with van der Waals surface area (Å²) in [7, 11) is 0. The molecule has 0 aliphatic carbocycles. The Bertz CT molecular complexity index is 621. The number of aliphatic hydroxyl groups is 1. The lowest BCUT2D eigenvalue weighted by molar-refractivity contribution is -0.925. The maximum Gasteiger partial charge on any atom is 0.128 e. The molecule has 0 saturated heterocycles. The SMILES string of the molecule is CC[N+](CC)(CC)CC(O)C(=Cc1ccccc1)c1ccccc1. The van der Waals surface area contributed by atoms with Crippen molar-refractivity contribution in [3.05, 3.63) is 71.8 Å². The molecule has 0 spiro atoms. The van der Waals surface area contributed by atoms with Gasteiger partial charge in [0.25, 0.3) is 0 Å². The van der Waals surface area contributed by atoms with E-state index in [2.05, 4.69) is 51.1 Å². The molecule has 0 heterocycles. The number of hydrogen-bond acceptors (Lipinski definition) is 1.